The molecule has 0 unspecified atom stereocenters. The lowest BCUT2D eigenvalue weighted by atomic mass is 10.2. The third-order valence-corrected chi connectivity index (χ3v) is 4.27. The number of halogens is 1. The number of aromatic nitrogens is 1. The highest BCUT2D eigenvalue weighted by Gasteiger charge is 2.07. The van der Waals surface area contributed by atoms with Gasteiger partial charge < -0.3 is 15.4 Å². The monoisotopic (exact) mass is 347 g/mol. The number of benzene rings is 2. The Bertz CT molecular complexity index is 833. The van der Waals surface area contributed by atoms with Crippen LogP contribution in [-0.4, -0.2) is 18.1 Å². The van der Waals surface area contributed by atoms with Crippen LogP contribution in [0.5, 0.6) is 10.9 Å². The molecule has 0 bridgehead atoms. The average molecular weight is 348 g/mol. The van der Waals surface area contributed by atoms with Crippen molar-refractivity contribution in [1.29, 1.82) is 0 Å². The van der Waals surface area contributed by atoms with Gasteiger partial charge in [-0.05, 0) is 35.9 Å². The van der Waals surface area contributed by atoms with Crippen molar-refractivity contribution in [3.05, 3.63) is 53.1 Å². The highest BCUT2D eigenvalue weighted by Crippen LogP contribution is 2.32. The van der Waals surface area contributed by atoms with Gasteiger partial charge in [0.25, 0.3) is 5.19 Å². The summed E-state index contributed by atoms with van der Waals surface area (Å²) in [5, 5.41) is 6.48. The molecule has 0 atom stereocenters. The summed E-state index contributed by atoms with van der Waals surface area (Å²) < 4.78 is 6.75. The highest BCUT2D eigenvalue weighted by atomic mass is 35.5. The maximum atomic E-state index is 11.1. The van der Waals surface area contributed by atoms with Gasteiger partial charge in [-0.1, -0.05) is 35.1 Å². The van der Waals surface area contributed by atoms with E-state index in [4.69, 9.17) is 16.3 Å². The molecule has 0 aliphatic carbocycles. The molecule has 2 aromatic carbocycles. The number of ether oxygens (including phenoxy) is 1. The lowest BCUT2D eigenvalue weighted by Crippen LogP contribution is -2.32. The van der Waals surface area contributed by atoms with Gasteiger partial charge in [0.1, 0.15) is 5.75 Å². The summed E-state index contributed by atoms with van der Waals surface area (Å²) >= 11 is 7.42. The number of fused-ring (bicyclic) bond motifs is 1. The first-order valence-corrected chi connectivity index (χ1v) is 8.12. The summed E-state index contributed by atoms with van der Waals surface area (Å²) in [5.41, 5.74) is 1.85. The fourth-order valence-corrected chi connectivity index (χ4v) is 3.08. The van der Waals surface area contributed by atoms with Crippen molar-refractivity contribution in [3.8, 4) is 10.9 Å². The second-order valence-corrected chi connectivity index (χ2v) is 6.20. The number of thiazole rings is 1. The quantitative estimate of drug-likeness (QED) is 0.744. The number of nitrogens with one attached hydrogen (secondary N) is 2. The molecule has 5 nitrogen and oxygen atoms in total. The number of hydrogen-bond donors (Lipinski definition) is 2. The predicted molar refractivity (Wildman–Crippen MR) is 92.4 cm³/mol. The zero-order chi connectivity index (χ0) is 16.2. The first-order valence-electron chi connectivity index (χ1n) is 6.92. The topological polar surface area (TPSA) is 63.2 Å². The van der Waals surface area contributed by atoms with E-state index in [9.17, 15) is 4.79 Å². The minimum atomic E-state index is -0.210. The van der Waals surface area contributed by atoms with E-state index in [0.29, 0.717) is 22.5 Å². The van der Waals surface area contributed by atoms with Crippen molar-refractivity contribution in [2.45, 2.75) is 6.54 Å². The van der Waals surface area contributed by atoms with Gasteiger partial charge >= 0.3 is 6.03 Å². The number of hydrogen-bond acceptors (Lipinski definition) is 4. The summed E-state index contributed by atoms with van der Waals surface area (Å²) in [6.07, 6.45) is 0. The largest absolute Gasteiger partial charge is 0.431 e. The zero-order valence-corrected chi connectivity index (χ0v) is 13.9. The Morgan fingerprint density at radius 3 is 2.78 bits per heavy atom. The molecule has 0 saturated heterocycles. The number of nitrogens with zero attached hydrogens (tertiary/aromatic N) is 1. The van der Waals surface area contributed by atoms with E-state index in [-0.39, 0.29) is 6.03 Å². The van der Waals surface area contributed by atoms with E-state index in [0.717, 1.165) is 15.8 Å². The lowest BCUT2D eigenvalue weighted by Gasteiger charge is -2.06. The number of urea groups is 1. The van der Waals surface area contributed by atoms with Crippen molar-refractivity contribution >= 4 is 39.2 Å². The van der Waals surface area contributed by atoms with Gasteiger partial charge in [-0.25, -0.2) is 9.78 Å². The second-order valence-electron chi connectivity index (χ2n) is 4.77. The van der Waals surface area contributed by atoms with Crippen molar-refractivity contribution in [1.82, 2.24) is 15.6 Å². The molecule has 0 fully saturated rings. The Kier molecular flexibility index (Phi) is 4.64. The Hall–Kier alpha value is -2.31. The normalized spacial score (nSPS) is 10.5. The summed E-state index contributed by atoms with van der Waals surface area (Å²) in [5.74, 6) is 0.693. The molecular formula is C16H14ClN3O2S. The predicted octanol–water partition coefficient (Wildman–Crippen LogP) is 4.17. The van der Waals surface area contributed by atoms with E-state index in [1.807, 2.05) is 42.5 Å². The molecule has 0 saturated carbocycles. The fraction of sp³-hybridized carbons (Fsp3) is 0.125. The zero-order valence-electron chi connectivity index (χ0n) is 12.3. The smallest absolute Gasteiger partial charge is 0.314 e. The van der Waals surface area contributed by atoms with Crippen LogP contribution in [0.2, 0.25) is 5.02 Å². The number of amides is 2. The van der Waals surface area contributed by atoms with Crippen molar-refractivity contribution < 1.29 is 9.53 Å². The molecule has 118 valence electrons. The first-order chi connectivity index (χ1) is 11.1. The Balaban J connectivity index is 1.68. The van der Waals surface area contributed by atoms with Gasteiger partial charge in [0.15, 0.2) is 0 Å². The standard InChI is InChI=1S/C16H14ClN3O2S/c1-18-15(21)19-9-10-2-5-12(6-3-10)22-16-20-13-7-4-11(17)8-14(13)23-16/h2-8H,9H2,1H3,(H2,18,19,21). The van der Waals surface area contributed by atoms with Crippen LogP contribution in [0.1, 0.15) is 5.56 Å². The lowest BCUT2D eigenvalue weighted by molar-refractivity contribution is 0.242. The van der Waals surface area contributed by atoms with Gasteiger partial charge in [0, 0.05) is 18.6 Å². The number of carbonyl (C=O) groups is 1. The van der Waals surface area contributed by atoms with E-state index in [1.54, 1.807) is 7.05 Å². The molecule has 0 aliphatic heterocycles. The van der Waals surface area contributed by atoms with E-state index < -0.39 is 0 Å². The third-order valence-electron chi connectivity index (χ3n) is 3.14. The van der Waals surface area contributed by atoms with Gasteiger partial charge in [0.05, 0.1) is 10.2 Å². The highest BCUT2D eigenvalue weighted by molar-refractivity contribution is 7.20. The minimum Gasteiger partial charge on any atom is -0.431 e. The molecule has 2 N–H and O–H groups in total. The SMILES string of the molecule is CNC(=O)NCc1ccc(Oc2nc3ccc(Cl)cc3s2)cc1. The maximum Gasteiger partial charge on any atom is 0.314 e. The molecule has 7 heteroatoms. The third kappa shape index (κ3) is 3.91. The first kappa shape index (κ1) is 15.6. The number of rotatable bonds is 4. The minimum absolute atomic E-state index is 0.210. The molecule has 0 spiro atoms. The summed E-state index contributed by atoms with van der Waals surface area (Å²) in [4.78, 5) is 15.6. The van der Waals surface area contributed by atoms with E-state index in [2.05, 4.69) is 15.6 Å². The second kappa shape index (κ2) is 6.85. The summed E-state index contributed by atoms with van der Waals surface area (Å²) in [6, 6.07) is 12.8. The molecule has 3 aromatic rings. The molecule has 2 amide bonds. The molecule has 0 radical (unpaired) electrons. The Labute approximate surface area is 142 Å². The molecule has 1 aromatic heterocycles. The molecule has 23 heavy (non-hydrogen) atoms. The molecule has 0 aliphatic rings. The van der Waals surface area contributed by atoms with Gasteiger partial charge in [0.2, 0.25) is 0 Å². The van der Waals surface area contributed by atoms with Gasteiger partial charge in [-0.2, -0.15) is 0 Å². The molecule has 1 heterocycles. The van der Waals surface area contributed by atoms with E-state index >= 15 is 0 Å². The van der Waals surface area contributed by atoms with Gasteiger partial charge in [-0.15, -0.1) is 0 Å². The molecule has 3 rings (SSSR count). The van der Waals surface area contributed by atoms with Crippen molar-refractivity contribution in [2.75, 3.05) is 7.05 Å². The summed E-state index contributed by atoms with van der Waals surface area (Å²) in [7, 11) is 1.58. The average Bonchev–Trinajstić information content (AvgIpc) is 2.95. The Morgan fingerprint density at radius 2 is 2.04 bits per heavy atom. The van der Waals surface area contributed by atoms with Crippen LogP contribution in [0.15, 0.2) is 42.5 Å². The van der Waals surface area contributed by atoms with Crippen LogP contribution >= 0.6 is 22.9 Å². The fourth-order valence-electron chi connectivity index (χ4n) is 1.97. The van der Waals surface area contributed by atoms with E-state index in [1.165, 1.54) is 11.3 Å². The van der Waals surface area contributed by atoms with Crippen LogP contribution in [0.4, 0.5) is 4.79 Å². The number of carbonyl (C=O) groups excluding carboxylic acids is 1. The van der Waals surface area contributed by atoms with Crippen LogP contribution in [0.25, 0.3) is 10.2 Å². The van der Waals surface area contributed by atoms with Crippen LogP contribution < -0.4 is 15.4 Å². The van der Waals surface area contributed by atoms with Crippen LogP contribution in [0, 0.1) is 0 Å². The summed E-state index contributed by atoms with van der Waals surface area (Å²) in [6.45, 7) is 0.458. The molecular weight excluding hydrogens is 334 g/mol. The van der Waals surface area contributed by atoms with Crippen LogP contribution in [0.3, 0.4) is 0 Å². The van der Waals surface area contributed by atoms with Crippen LogP contribution in [-0.2, 0) is 6.54 Å². The maximum absolute atomic E-state index is 11.1. The van der Waals surface area contributed by atoms with Gasteiger partial charge in [-0.3, -0.25) is 0 Å². The van der Waals surface area contributed by atoms with Crippen molar-refractivity contribution in [2.24, 2.45) is 0 Å². The Morgan fingerprint density at radius 1 is 1.26 bits per heavy atom. The van der Waals surface area contributed by atoms with Crippen molar-refractivity contribution in [3.63, 3.8) is 0 Å².